The molecule has 1 amide bonds. The molecule has 116 valence electrons. The monoisotopic (exact) mass is 319 g/mol. The molecule has 0 saturated carbocycles. The normalized spacial score (nSPS) is 19.2. The minimum absolute atomic E-state index is 0.0210. The predicted molar refractivity (Wildman–Crippen MR) is 84.3 cm³/mol. The fourth-order valence-corrected chi connectivity index (χ4v) is 3.39. The van der Waals surface area contributed by atoms with Gasteiger partial charge in [-0.15, -0.1) is 11.3 Å². The van der Waals surface area contributed by atoms with Crippen LogP contribution >= 0.6 is 11.3 Å². The Morgan fingerprint density at radius 3 is 2.86 bits per heavy atom. The zero-order valence-electron chi connectivity index (χ0n) is 12.4. The maximum absolute atomic E-state index is 13.1. The van der Waals surface area contributed by atoms with E-state index in [0.29, 0.717) is 6.54 Å². The Morgan fingerprint density at radius 2 is 2.18 bits per heavy atom. The van der Waals surface area contributed by atoms with Gasteiger partial charge in [0.05, 0.1) is 10.7 Å². The minimum Gasteiger partial charge on any atom is -0.353 e. The van der Waals surface area contributed by atoms with E-state index in [2.05, 4.69) is 20.6 Å². The van der Waals surface area contributed by atoms with Crippen molar-refractivity contribution in [3.05, 3.63) is 51.7 Å². The molecule has 0 unspecified atom stereocenters. The van der Waals surface area contributed by atoms with Crippen molar-refractivity contribution >= 4 is 17.2 Å². The van der Waals surface area contributed by atoms with Crippen LogP contribution in [0.1, 0.15) is 22.3 Å². The number of carbonyl (C=O) groups excluding carboxylic acids is 1. The van der Waals surface area contributed by atoms with Gasteiger partial charge in [-0.05, 0) is 24.6 Å². The lowest BCUT2D eigenvalue weighted by atomic mass is 10.0. The number of rotatable bonds is 4. The Morgan fingerprint density at radius 1 is 1.41 bits per heavy atom. The fourth-order valence-electron chi connectivity index (χ4n) is 2.74. The molecule has 1 aromatic carbocycles. The number of thiazole rings is 1. The van der Waals surface area contributed by atoms with Gasteiger partial charge in [0, 0.05) is 31.4 Å². The van der Waals surface area contributed by atoms with Crippen molar-refractivity contribution in [2.45, 2.75) is 19.4 Å². The van der Waals surface area contributed by atoms with Crippen molar-refractivity contribution in [1.82, 2.24) is 15.2 Å². The van der Waals surface area contributed by atoms with Gasteiger partial charge in [-0.1, -0.05) is 12.1 Å². The van der Waals surface area contributed by atoms with E-state index in [0.717, 1.165) is 35.8 Å². The van der Waals surface area contributed by atoms with E-state index in [1.54, 1.807) is 23.5 Å². The van der Waals surface area contributed by atoms with E-state index in [-0.39, 0.29) is 17.8 Å². The Balaban J connectivity index is 1.74. The fraction of sp³-hybridized carbons (Fsp3) is 0.375. The molecule has 6 heteroatoms. The van der Waals surface area contributed by atoms with E-state index in [1.165, 1.54) is 12.1 Å². The first-order chi connectivity index (χ1) is 10.6. The van der Waals surface area contributed by atoms with Crippen LogP contribution in [-0.4, -0.2) is 35.4 Å². The lowest BCUT2D eigenvalue weighted by Crippen LogP contribution is -2.50. The molecule has 0 bridgehead atoms. The summed E-state index contributed by atoms with van der Waals surface area (Å²) < 4.78 is 13.1. The standard InChI is InChI=1S/C16H18FN3OS/c1-11-19-14(10-22-11)6-8-20-9-7-18-16(21)15(20)12-2-4-13(17)5-3-12/h2-5,10,15H,6-9H2,1H3,(H,18,21)/t15-/m0/s1. The van der Waals surface area contributed by atoms with Crippen molar-refractivity contribution in [1.29, 1.82) is 0 Å². The van der Waals surface area contributed by atoms with Crippen LogP contribution in [0.3, 0.4) is 0 Å². The highest BCUT2D eigenvalue weighted by atomic mass is 32.1. The Bertz CT molecular complexity index is 656. The molecule has 2 heterocycles. The molecule has 1 fully saturated rings. The van der Waals surface area contributed by atoms with Crippen LogP contribution in [0.15, 0.2) is 29.6 Å². The average molecular weight is 319 g/mol. The molecule has 22 heavy (non-hydrogen) atoms. The molecule has 4 nitrogen and oxygen atoms in total. The third-order valence-corrected chi connectivity index (χ3v) is 4.64. The largest absolute Gasteiger partial charge is 0.353 e. The van der Waals surface area contributed by atoms with Crippen LogP contribution in [0.25, 0.3) is 0 Å². The molecule has 1 N–H and O–H groups in total. The van der Waals surface area contributed by atoms with E-state index in [1.807, 2.05) is 6.92 Å². The number of benzene rings is 1. The van der Waals surface area contributed by atoms with Crippen molar-refractivity contribution in [3.8, 4) is 0 Å². The first kappa shape index (κ1) is 15.1. The Kier molecular flexibility index (Phi) is 4.49. The maximum atomic E-state index is 13.1. The highest BCUT2D eigenvalue weighted by Crippen LogP contribution is 2.24. The summed E-state index contributed by atoms with van der Waals surface area (Å²) >= 11 is 1.64. The van der Waals surface area contributed by atoms with Crippen LogP contribution in [0.5, 0.6) is 0 Å². The van der Waals surface area contributed by atoms with Crippen LogP contribution in [-0.2, 0) is 11.2 Å². The SMILES string of the molecule is Cc1nc(CCN2CCNC(=O)[C@@H]2c2ccc(F)cc2)cs1. The van der Waals surface area contributed by atoms with Crippen LogP contribution in [0.4, 0.5) is 4.39 Å². The van der Waals surface area contributed by atoms with Gasteiger partial charge in [-0.25, -0.2) is 9.37 Å². The number of nitrogens with one attached hydrogen (secondary N) is 1. The molecular formula is C16H18FN3OS. The molecule has 1 atom stereocenters. The topological polar surface area (TPSA) is 45.2 Å². The number of amides is 1. The molecule has 0 radical (unpaired) electrons. The second kappa shape index (κ2) is 6.54. The highest BCUT2D eigenvalue weighted by molar-refractivity contribution is 7.09. The van der Waals surface area contributed by atoms with Gasteiger partial charge in [0.1, 0.15) is 11.9 Å². The lowest BCUT2D eigenvalue weighted by Gasteiger charge is -2.35. The van der Waals surface area contributed by atoms with Gasteiger partial charge in [0.2, 0.25) is 5.91 Å². The van der Waals surface area contributed by atoms with Crippen molar-refractivity contribution in [2.75, 3.05) is 19.6 Å². The van der Waals surface area contributed by atoms with Crippen LogP contribution in [0.2, 0.25) is 0 Å². The first-order valence-electron chi connectivity index (χ1n) is 7.32. The number of carbonyl (C=O) groups is 1. The molecule has 1 aromatic heterocycles. The summed E-state index contributed by atoms with van der Waals surface area (Å²) in [5.41, 5.74) is 1.89. The lowest BCUT2D eigenvalue weighted by molar-refractivity contribution is -0.129. The average Bonchev–Trinajstić information content (AvgIpc) is 2.92. The molecule has 0 spiro atoms. The summed E-state index contributed by atoms with van der Waals surface area (Å²) in [4.78, 5) is 18.9. The number of hydrogen-bond donors (Lipinski definition) is 1. The number of piperazine rings is 1. The number of aromatic nitrogens is 1. The molecule has 1 saturated heterocycles. The number of halogens is 1. The van der Waals surface area contributed by atoms with Gasteiger partial charge in [-0.3, -0.25) is 9.69 Å². The van der Waals surface area contributed by atoms with Gasteiger partial charge in [-0.2, -0.15) is 0 Å². The first-order valence-corrected chi connectivity index (χ1v) is 8.19. The smallest absolute Gasteiger partial charge is 0.242 e. The summed E-state index contributed by atoms with van der Waals surface area (Å²) in [6.45, 7) is 4.19. The molecule has 0 aliphatic carbocycles. The highest BCUT2D eigenvalue weighted by Gasteiger charge is 2.30. The third-order valence-electron chi connectivity index (χ3n) is 3.82. The zero-order chi connectivity index (χ0) is 15.5. The summed E-state index contributed by atoms with van der Waals surface area (Å²) in [7, 11) is 0. The van der Waals surface area contributed by atoms with Gasteiger partial charge >= 0.3 is 0 Å². The van der Waals surface area contributed by atoms with E-state index >= 15 is 0 Å². The molecule has 3 rings (SSSR count). The molecular weight excluding hydrogens is 301 g/mol. The third kappa shape index (κ3) is 3.34. The maximum Gasteiger partial charge on any atom is 0.242 e. The molecule has 1 aliphatic rings. The quantitative estimate of drug-likeness (QED) is 0.940. The summed E-state index contributed by atoms with van der Waals surface area (Å²) in [5.74, 6) is -0.309. The predicted octanol–water partition coefficient (Wildman–Crippen LogP) is 2.31. The summed E-state index contributed by atoms with van der Waals surface area (Å²) in [5, 5.41) is 6.01. The van der Waals surface area contributed by atoms with Gasteiger partial charge in [0.15, 0.2) is 0 Å². The second-order valence-electron chi connectivity index (χ2n) is 5.39. The van der Waals surface area contributed by atoms with Crippen molar-refractivity contribution < 1.29 is 9.18 Å². The van der Waals surface area contributed by atoms with Crippen molar-refractivity contribution in [3.63, 3.8) is 0 Å². The minimum atomic E-state index is -0.353. The van der Waals surface area contributed by atoms with Crippen molar-refractivity contribution in [2.24, 2.45) is 0 Å². The Hall–Kier alpha value is -1.79. The number of aryl methyl sites for hydroxylation is 1. The van der Waals surface area contributed by atoms with E-state index < -0.39 is 0 Å². The van der Waals surface area contributed by atoms with Crippen LogP contribution < -0.4 is 5.32 Å². The van der Waals surface area contributed by atoms with Gasteiger partial charge < -0.3 is 5.32 Å². The van der Waals surface area contributed by atoms with Gasteiger partial charge in [0.25, 0.3) is 0 Å². The Labute approximate surface area is 133 Å². The summed E-state index contributed by atoms with van der Waals surface area (Å²) in [6, 6.07) is 5.82. The summed E-state index contributed by atoms with van der Waals surface area (Å²) in [6.07, 6.45) is 0.815. The van der Waals surface area contributed by atoms with E-state index in [4.69, 9.17) is 0 Å². The van der Waals surface area contributed by atoms with Crippen LogP contribution in [0, 0.1) is 12.7 Å². The number of hydrogen-bond acceptors (Lipinski definition) is 4. The number of nitrogens with zero attached hydrogens (tertiary/aromatic N) is 2. The van der Waals surface area contributed by atoms with E-state index in [9.17, 15) is 9.18 Å². The zero-order valence-corrected chi connectivity index (χ0v) is 13.2. The molecule has 1 aliphatic heterocycles. The molecule has 2 aromatic rings. The second-order valence-corrected chi connectivity index (χ2v) is 6.45.